The lowest BCUT2D eigenvalue weighted by molar-refractivity contribution is 0.471. The number of hydrogen-bond donors (Lipinski definition) is 2. The van der Waals surface area contributed by atoms with Crippen LogP contribution in [0.5, 0.6) is 5.75 Å². The second-order valence-electron chi connectivity index (χ2n) is 8.58. The van der Waals surface area contributed by atoms with Crippen LogP contribution < -0.4 is 10.2 Å². The summed E-state index contributed by atoms with van der Waals surface area (Å²) in [4.78, 5) is 6.65. The molecule has 1 fully saturated rings. The van der Waals surface area contributed by atoms with Crippen LogP contribution in [0.25, 0.3) is 5.69 Å². The number of para-hydroxylation sites is 2. The van der Waals surface area contributed by atoms with Crippen LogP contribution in [0.4, 0.5) is 10.1 Å². The molecular formula is C27H25FN4OS. The first-order chi connectivity index (χ1) is 16.4. The molecule has 5 rings (SSSR count). The third kappa shape index (κ3) is 3.62. The van der Waals surface area contributed by atoms with Crippen molar-refractivity contribution in [2.45, 2.75) is 32.9 Å². The molecule has 0 spiro atoms. The molecule has 0 aliphatic carbocycles. The molecule has 172 valence electrons. The number of aromatic hydroxyl groups is 1. The fourth-order valence-electron chi connectivity index (χ4n) is 4.84. The van der Waals surface area contributed by atoms with Gasteiger partial charge in [0.15, 0.2) is 5.11 Å². The van der Waals surface area contributed by atoms with E-state index >= 15 is 0 Å². The van der Waals surface area contributed by atoms with Crippen molar-refractivity contribution in [1.29, 1.82) is 0 Å². The van der Waals surface area contributed by atoms with E-state index in [-0.39, 0.29) is 23.7 Å². The number of halogens is 1. The number of nitrogens with one attached hydrogen (secondary N) is 1. The first-order valence-electron chi connectivity index (χ1n) is 11.1. The van der Waals surface area contributed by atoms with E-state index < -0.39 is 0 Å². The molecule has 5 nitrogen and oxygen atoms in total. The molecule has 34 heavy (non-hydrogen) atoms. The van der Waals surface area contributed by atoms with Crippen LogP contribution in [0.2, 0.25) is 0 Å². The summed E-state index contributed by atoms with van der Waals surface area (Å²) in [7, 11) is 0. The largest absolute Gasteiger partial charge is 0.506 e. The Balaban J connectivity index is 1.70. The lowest BCUT2D eigenvalue weighted by Crippen LogP contribution is -2.29. The summed E-state index contributed by atoms with van der Waals surface area (Å²) < 4.78 is 16.1. The number of pyridine rings is 1. The van der Waals surface area contributed by atoms with Crippen LogP contribution in [0.15, 0.2) is 72.9 Å². The summed E-state index contributed by atoms with van der Waals surface area (Å²) in [6, 6.07) is 19.9. The highest BCUT2D eigenvalue weighted by Gasteiger charge is 2.42. The van der Waals surface area contributed by atoms with Crippen LogP contribution in [-0.4, -0.2) is 19.8 Å². The molecule has 0 bridgehead atoms. The predicted octanol–water partition coefficient (Wildman–Crippen LogP) is 5.82. The Labute approximate surface area is 203 Å². The minimum absolute atomic E-state index is 0.211. The topological polar surface area (TPSA) is 53.3 Å². The van der Waals surface area contributed by atoms with Crippen LogP contribution in [-0.2, 0) is 0 Å². The standard InChI is InChI=1S/C27H25FN4OS/c1-16-14-19(11-12-21(16)28)32-26(25(30-27(32)34)22-8-6-7-13-29-22)20-15-17(2)31(18(20)3)23-9-4-5-10-24(23)33/h4-15,25-26,33H,1-3H3,(H,30,34). The lowest BCUT2D eigenvalue weighted by Gasteiger charge is -2.28. The van der Waals surface area contributed by atoms with Crippen molar-refractivity contribution < 1.29 is 9.50 Å². The molecule has 4 aromatic rings. The molecule has 7 heteroatoms. The number of phenols is 1. The third-order valence-corrected chi connectivity index (χ3v) is 6.74. The molecule has 1 aliphatic heterocycles. The van der Waals surface area contributed by atoms with Gasteiger partial charge in [0.1, 0.15) is 11.6 Å². The van der Waals surface area contributed by atoms with Crippen molar-refractivity contribution in [2.24, 2.45) is 0 Å². The summed E-state index contributed by atoms with van der Waals surface area (Å²) in [6.07, 6.45) is 1.77. The molecule has 0 amide bonds. The summed E-state index contributed by atoms with van der Waals surface area (Å²) in [6.45, 7) is 5.81. The number of nitrogens with zero attached hydrogens (tertiary/aromatic N) is 3. The highest BCUT2D eigenvalue weighted by molar-refractivity contribution is 7.80. The molecule has 0 radical (unpaired) electrons. The van der Waals surface area contributed by atoms with Crippen LogP contribution in [0.1, 0.15) is 40.3 Å². The number of hydrogen-bond acceptors (Lipinski definition) is 3. The van der Waals surface area contributed by atoms with Gasteiger partial charge >= 0.3 is 0 Å². The minimum atomic E-state index is -0.252. The summed E-state index contributed by atoms with van der Waals surface area (Å²) in [5, 5.41) is 14.5. The highest BCUT2D eigenvalue weighted by Crippen LogP contribution is 2.44. The van der Waals surface area contributed by atoms with Crippen molar-refractivity contribution >= 4 is 23.0 Å². The third-order valence-electron chi connectivity index (χ3n) is 6.43. The van der Waals surface area contributed by atoms with Gasteiger partial charge in [-0.1, -0.05) is 18.2 Å². The normalized spacial score (nSPS) is 17.8. The van der Waals surface area contributed by atoms with E-state index in [1.807, 2.05) is 61.2 Å². The van der Waals surface area contributed by atoms with Gasteiger partial charge in [0.05, 0.1) is 23.5 Å². The molecule has 2 unspecified atom stereocenters. The molecule has 2 aromatic carbocycles. The maximum atomic E-state index is 14.1. The van der Waals surface area contributed by atoms with E-state index in [2.05, 4.69) is 20.9 Å². The number of phenolic OH excluding ortho intramolecular Hbond substituents is 1. The number of aromatic nitrogens is 2. The molecule has 0 saturated carbocycles. The number of thiocarbonyl (C=S) groups is 1. The molecule has 1 aliphatic rings. The van der Waals surface area contributed by atoms with Crippen molar-refractivity contribution in [3.05, 3.63) is 107 Å². The van der Waals surface area contributed by atoms with E-state index in [0.29, 0.717) is 10.7 Å². The van der Waals surface area contributed by atoms with Gasteiger partial charge in [-0.25, -0.2) is 4.39 Å². The fraction of sp³-hybridized carbons (Fsp3) is 0.185. The maximum absolute atomic E-state index is 14.1. The van der Waals surface area contributed by atoms with Gasteiger partial charge in [-0.15, -0.1) is 0 Å². The maximum Gasteiger partial charge on any atom is 0.174 e. The fourth-order valence-corrected chi connectivity index (χ4v) is 5.18. The second-order valence-corrected chi connectivity index (χ2v) is 8.97. The number of rotatable bonds is 4. The summed E-state index contributed by atoms with van der Waals surface area (Å²) in [5.74, 6) is -0.0411. The van der Waals surface area contributed by atoms with E-state index in [9.17, 15) is 9.50 Å². The van der Waals surface area contributed by atoms with Crippen molar-refractivity contribution in [2.75, 3.05) is 4.90 Å². The Morgan fingerprint density at radius 1 is 1.00 bits per heavy atom. The molecule has 2 N–H and O–H groups in total. The zero-order valence-electron chi connectivity index (χ0n) is 19.2. The van der Waals surface area contributed by atoms with E-state index in [4.69, 9.17) is 12.2 Å². The van der Waals surface area contributed by atoms with E-state index in [1.165, 1.54) is 6.07 Å². The Morgan fingerprint density at radius 2 is 1.76 bits per heavy atom. The zero-order chi connectivity index (χ0) is 24.0. The number of anilines is 1. The van der Waals surface area contributed by atoms with Gasteiger partial charge in [-0.2, -0.15) is 0 Å². The van der Waals surface area contributed by atoms with Gasteiger partial charge in [0, 0.05) is 23.3 Å². The van der Waals surface area contributed by atoms with Crippen LogP contribution in [0, 0.1) is 26.6 Å². The van der Waals surface area contributed by atoms with Crippen molar-refractivity contribution in [3.8, 4) is 11.4 Å². The SMILES string of the molecule is Cc1cc(N2C(=S)NC(c3ccccn3)C2c2cc(C)n(-c3ccccc3O)c2C)ccc1F. The minimum Gasteiger partial charge on any atom is -0.506 e. The van der Waals surface area contributed by atoms with Gasteiger partial charge in [-0.3, -0.25) is 4.98 Å². The predicted molar refractivity (Wildman–Crippen MR) is 136 cm³/mol. The van der Waals surface area contributed by atoms with Gasteiger partial charge in [0.25, 0.3) is 0 Å². The van der Waals surface area contributed by atoms with Crippen LogP contribution >= 0.6 is 12.2 Å². The molecular weight excluding hydrogens is 447 g/mol. The van der Waals surface area contributed by atoms with Gasteiger partial charge < -0.3 is 19.9 Å². The average molecular weight is 473 g/mol. The lowest BCUT2D eigenvalue weighted by atomic mass is 9.96. The Kier molecular flexibility index (Phi) is 5.57. The first-order valence-corrected chi connectivity index (χ1v) is 11.5. The zero-order valence-corrected chi connectivity index (χ0v) is 20.0. The quantitative estimate of drug-likeness (QED) is 0.367. The Bertz CT molecular complexity index is 1380. The Morgan fingerprint density at radius 3 is 2.47 bits per heavy atom. The molecule has 1 saturated heterocycles. The van der Waals surface area contributed by atoms with Crippen molar-refractivity contribution in [1.82, 2.24) is 14.9 Å². The van der Waals surface area contributed by atoms with Crippen molar-refractivity contribution in [3.63, 3.8) is 0 Å². The monoisotopic (exact) mass is 472 g/mol. The van der Waals surface area contributed by atoms with E-state index in [0.717, 1.165) is 34.0 Å². The average Bonchev–Trinajstić information content (AvgIpc) is 3.32. The van der Waals surface area contributed by atoms with E-state index in [1.54, 1.807) is 25.3 Å². The Hall–Kier alpha value is -3.71. The molecule has 2 atom stereocenters. The molecule has 3 heterocycles. The van der Waals surface area contributed by atoms with Gasteiger partial charge in [-0.05, 0) is 92.6 Å². The number of aryl methyl sites for hydroxylation is 2. The second kappa shape index (κ2) is 8.57. The smallest absolute Gasteiger partial charge is 0.174 e. The van der Waals surface area contributed by atoms with Gasteiger partial charge in [0.2, 0.25) is 0 Å². The highest BCUT2D eigenvalue weighted by atomic mass is 32.1. The summed E-state index contributed by atoms with van der Waals surface area (Å²) in [5.41, 5.74) is 5.97. The first kappa shape index (κ1) is 22.1. The molecule has 2 aromatic heterocycles. The number of benzene rings is 2. The summed E-state index contributed by atoms with van der Waals surface area (Å²) >= 11 is 5.80. The van der Waals surface area contributed by atoms with Crippen LogP contribution in [0.3, 0.4) is 0 Å².